The highest BCUT2D eigenvalue weighted by Crippen LogP contribution is 2.30. The number of halogens is 3. The van der Waals surface area contributed by atoms with Crippen molar-refractivity contribution >= 4 is 11.6 Å². The van der Waals surface area contributed by atoms with Crippen LogP contribution in [0.3, 0.4) is 0 Å². The first-order chi connectivity index (χ1) is 9.20. The molecule has 20 heavy (non-hydrogen) atoms. The topological polar surface area (TPSA) is 25.8 Å². The Morgan fingerprint density at radius 2 is 1.70 bits per heavy atom. The molecule has 5 heteroatoms. The van der Waals surface area contributed by atoms with Gasteiger partial charge in [0.25, 0.3) is 0 Å². The summed E-state index contributed by atoms with van der Waals surface area (Å²) in [6.45, 7) is 7.64. The Hall–Kier alpha value is -1.55. The maximum absolute atomic E-state index is 13.4. The molecule has 0 aliphatic heterocycles. The van der Waals surface area contributed by atoms with Gasteiger partial charge >= 0.3 is 0 Å². The van der Waals surface area contributed by atoms with Crippen LogP contribution in [0.25, 0.3) is 11.3 Å². The number of hydrogen-bond donors (Lipinski definition) is 0. The SMILES string of the molecule is Cc1c(Cl)nc(C(C)(C)C)nc1-c1ccc(F)c(F)c1. The summed E-state index contributed by atoms with van der Waals surface area (Å²) in [6, 6.07) is 3.68. The maximum atomic E-state index is 13.4. The molecule has 0 N–H and O–H groups in total. The standard InChI is InChI=1S/C15H15ClF2N2/c1-8-12(9-5-6-10(17)11(18)7-9)19-14(15(2,3)4)20-13(8)16/h5-7H,1-4H3. The van der Waals surface area contributed by atoms with Crippen molar-refractivity contribution in [2.75, 3.05) is 0 Å². The van der Waals surface area contributed by atoms with Gasteiger partial charge in [-0.15, -0.1) is 0 Å². The molecule has 106 valence electrons. The molecule has 0 saturated heterocycles. The second-order valence-electron chi connectivity index (χ2n) is 5.69. The van der Waals surface area contributed by atoms with Crippen LogP contribution in [0, 0.1) is 18.6 Å². The highest BCUT2D eigenvalue weighted by molar-refractivity contribution is 6.30. The Kier molecular flexibility index (Phi) is 3.78. The summed E-state index contributed by atoms with van der Waals surface area (Å²) < 4.78 is 26.4. The van der Waals surface area contributed by atoms with E-state index in [2.05, 4.69) is 9.97 Å². The van der Waals surface area contributed by atoms with E-state index in [1.807, 2.05) is 20.8 Å². The van der Waals surface area contributed by atoms with Crippen molar-refractivity contribution in [3.8, 4) is 11.3 Å². The normalized spacial score (nSPS) is 11.8. The Morgan fingerprint density at radius 3 is 2.25 bits per heavy atom. The minimum atomic E-state index is -0.908. The quantitative estimate of drug-likeness (QED) is 0.714. The molecule has 1 aromatic heterocycles. The van der Waals surface area contributed by atoms with Crippen LogP contribution in [-0.2, 0) is 5.41 Å². The number of aromatic nitrogens is 2. The molecule has 0 aliphatic carbocycles. The van der Waals surface area contributed by atoms with Crippen LogP contribution in [0.1, 0.15) is 32.2 Å². The summed E-state index contributed by atoms with van der Waals surface area (Å²) >= 11 is 6.13. The zero-order valence-electron chi connectivity index (χ0n) is 11.8. The summed E-state index contributed by atoms with van der Waals surface area (Å²) in [5.41, 5.74) is 1.36. The molecule has 0 fully saturated rings. The third-order valence-corrected chi connectivity index (χ3v) is 3.32. The predicted molar refractivity (Wildman–Crippen MR) is 75.8 cm³/mol. The first-order valence-electron chi connectivity index (χ1n) is 6.20. The summed E-state index contributed by atoms with van der Waals surface area (Å²) in [5.74, 6) is -1.23. The monoisotopic (exact) mass is 296 g/mol. The zero-order chi connectivity index (χ0) is 15.1. The van der Waals surface area contributed by atoms with Crippen LogP contribution in [0.5, 0.6) is 0 Å². The van der Waals surface area contributed by atoms with E-state index in [-0.39, 0.29) is 5.41 Å². The maximum Gasteiger partial charge on any atom is 0.159 e. The Bertz CT molecular complexity index is 664. The molecule has 2 nitrogen and oxygen atoms in total. The van der Waals surface area contributed by atoms with E-state index in [1.165, 1.54) is 6.07 Å². The second-order valence-corrected chi connectivity index (χ2v) is 6.05. The molecular formula is C15H15ClF2N2. The molecular weight excluding hydrogens is 282 g/mol. The lowest BCUT2D eigenvalue weighted by Gasteiger charge is -2.19. The van der Waals surface area contributed by atoms with Crippen molar-refractivity contribution in [1.82, 2.24) is 9.97 Å². The Morgan fingerprint density at radius 1 is 1.05 bits per heavy atom. The van der Waals surface area contributed by atoms with Gasteiger partial charge in [-0.2, -0.15) is 0 Å². The van der Waals surface area contributed by atoms with E-state index >= 15 is 0 Å². The fourth-order valence-electron chi connectivity index (χ4n) is 1.75. The minimum Gasteiger partial charge on any atom is -0.232 e. The lowest BCUT2D eigenvalue weighted by molar-refractivity contribution is 0.509. The first-order valence-corrected chi connectivity index (χ1v) is 6.58. The lowest BCUT2D eigenvalue weighted by atomic mass is 9.95. The zero-order valence-corrected chi connectivity index (χ0v) is 12.5. The van der Waals surface area contributed by atoms with Crippen molar-refractivity contribution in [1.29, 1.82) is 0 Å². The van der Waals surface area contributed by atoms with Gasteiger partial charge < -0.3 is 0 Å². The van der Waals surface area contributed by atoms with Crippen molar-refractivity contribution in [3.63, 3.8) is 0 Å². The summed E-state index contributed by atoms with van der Waals surface area (Å²) in [7, 11) is 0. The van der Waals surface area contributed by atoms with Crippen molar-refractivity contribution < 1.29 is 8.78 Å². The van der Waals surface area contributed by atoms with E-state index in [9.17, 15) is 8.78 Å². The molecule has 2 aromatic rings. The van der Waals surface area contributed by atoms with Crippen molar-refractivity contribution in [2.24, 2.45) is 0 Å². The van der Waals surface area contributed by atoms with Crippen LogP contribution in [0.4, 0.5) is 8.78 Å². The third-order valence-electron chi connectivity index (χ3n) is 2.95. The minimum absolute atomic E-state index is 0.287. The highest BCUT2D eigenvalue weighted by Gasteiger charge is 2.21. The largest absolute Gasteiger partial charge is 0.232 e. The van der Waals surface area contributed by atoms with E-state index < -0.39 is 11.6 Å². The number of rotatable bonds is 1. The Labute approximate surface area is 121 Å². The van der Waals surface area contributed by atoms with Crippen molar-refractivity contribution in [2.45, 2.75) is 33.1 Å². The van der Waals surface area contributed by atoms with Gasteiger partial charge in [-0.3, -0.25) is 0 Å². The van der Waals surface area contributed by atoms with E-state index in [4.69, 9.17) is 11.6 Å². The Balaban J connectivity index is 2.66. The lowest BCUT2D eigenvalue weighted by Crippen LogP contribution is -2.17. The van der Waals surface area contributed by atoms with Gasteiger partial charge in [0.15, 0.2) is 11.6 Å². The number of nitrogens with zero attached hydrogens (tertiary/aromatic N) is 2. The fraction of sp³-hybridized carbons (Fsp3) is 0.333. The van der Waals surface area contributed by atoms with Gasteiger partial charge in [0.1, 0.15) is 11.0 Å². The van der Waals surface area contributed by atoms with Gasteiger partial charge in [0, 0.05) is 16.5 Å². The average Bonchev–Trinajstić information content (AvgIpc) is 2.34. The summed E-state index contributed by atoms with van der Waals surface area (Å²) in [5, 5.41) is 0.324. The third kappa shape index (κ3) is 2.80. The van der Waals surface area contributed by atoms with Gasteiger partial charge in [-0.05, 0) is 25.1 Å². The second kappa shape index (κ2) is 5.09. The summed E-state index contributed by atoms with van der Waals surface area (Å²) in [6.07, 6.45) is 0. The molecule has 0 bridgehead atoms. The average molecular weight is 297 g/mol. The molecule has 0 atom stereocenters. The molecule has 0 unspecified atom stereocenters. The molecule has 0 spiro atoms. The van der Waals surface area contributed by atoms with Crippen molar-refractivity contribution in [3.05, 3.63) is 46.4 Å². The molecule has 1 heterocycles. The molecule has 0 aliphatic rings. The predicted octanol–water partition coefficient (Wildman–Crippen LogP) is 4.68. The smallest absolute Gasteiger partial charge is 0.159 e. The van der Waals surface area contributed by atoms with E-state index in [0.29, 0.717) is 27.8 Å². The van der Waals surface area contributed by atoms with Crippen LogP contribution in [0.15, 0.2) is 18.2 Å². The van der Waals surface area contributed by atoms with Crippen LogP contribution in [-0.4, -0.2) is 9.97 Å². The highest BCUT2D eigenvalue weighted by atomic mass is 35.5. The van der Waals surface area contributed by atoms with Gasteiger partial charge in [0.2, 0.25) is 0 Å². The number of benzene rings is 1. The summed E-state index contributed by atoms with van der Waals surface area (Å²) in [4.78, 5) is 8.72. The molecule has 2 rings (SSSR count). The molecule has 0 amide bonds. The van der Waals surface area contributed by atoms with E-state index in [0.717, 1.165) is 12.1 Å². The van der Waals surface area contributed by atoms with E-state index in [1.54, 1.807) is 6.92 Å². The van der Waals surface area contributed by atoms with Gasteiger partial charge in [0.05, 0.1) is 5.69 Å². The van der Waals surface area contributed by atoms with Crippen LogP contribution < -0.4 is 0 Å². The number of hydrogen-bond acceptors (Lipinski definition) is 2. The van der Waals surface area contributed by atoms with Gasteiger partial charge in [-0.25, -0.2) is 18.7 Å². The molecule has 0 saturated carbocycles. The first kappa shape index (κ1) is 14.9. The fourth-order valence-corrected chi connectivity index (χ4v) is 1.92. The molecule has 0 radical (unpaired) electrons. The van der Waals surface area contributed by atoms with Gasteiger partial charge in [-0.1, -0.05) is 32.4 Å². The van der Waals surface area contributed by atoms with Crippen LogP contribution >= 0.6 is 11.6 Å². The van der Waals surface area contributed by atoms with Crippen LogP contribution in [0.2, 0.25) is 5.15 Å². The molecule has 1 aromatic carbocycles.